The number of alkyl halides is 2. The zero-order valence-electron chi connectivity index (χ0n) is 23.1. The zero-order valence-corrected chi connectivity index (χ0v) is 23.9. The lowest BCUT2D eigenvalue weighted by atomic mass is 9.81. The van der Waals surface area contributed by atoms with Crippen LogP contribution in [0.3, 0.4) is 0 Å². The number of carbonyl (C=O) groups is 1. The van der Waals surface area contributed by atoms with Gasteiger partial charge in [-0.05, 0) is 77.8 Å². The quantitative estimate of drug-likeness (QED) is 0.425. The summed E-state index contributed by atoms with van der Waals surface area (Å²) in [7, 11) is 0. The molecule has 37 heavy (non-hydrogen) atoms. The topological polar surface area (TPSA) is 104 Å². The molecule has 0 saturated heterocycles. The minimum atomic E-state index is -2.69. The largest absolute Gasteiger partial charge is 0.598 e. The Morgan fingerprint density at radius 2 is 1.84 bits per heavy atom. The van der Waals surface area contributed by atoms with Crippen LogP contribution in [0, 0.1) is 11.8 Å². The van der Waals surface area contributed by atoms with Crippen molar-refractivity contribution >= 4 is 23.1 Å². The highest BCUT2D eigenvalue weighted by molar-refractivity contribution is 7.90. The van der Waals surface area contributed by atoms with Gasteiger partial charge in [-0.3, -0.25) is 0 Å². The van der Waals surface area contributed by atoms with Crippen molar-refractivity contribution in [2.24, 2.45) is 11.8 Å². The van der Waals surface area contributed by atoms with Gasteiger partial charge < -0.3 is 14.6 Å². The van der Waals surface area contributed by atoms with Gasteiger partial charge in [0.1, 0.15) is 10.3 Å². The molecule has 11 heteroatoms. The Morgan fingerprint density at radius 1 is 1.22 bits per heavy atom. The molecular weight excluding hydrogens is 500 g/mol. The van der Waals surface area contributed by atoms with Gasteiger partial charge >= 0.3 is 6.09 Å². The van der Waals surface area contributed by atoms with Crippen molar-refractivity contribution in [2.75, 3.05) is 0 Å². The maximum Gasteiger partial charge on any atom is 0.408 e. The molecular formula is C26H41F2N5O3S. The fraction of sp³-hybridized carbons (Fsp3) is 0.731. The highest BCUT2D eigenvalue weighted by Crippen LogP contribution is 2.41. The van der Waals surface area contributed by atoms with Gasteiger partial charge in [-0.25, -0.2) is 23.1 Å². The van der Waals surface area contributed by atoms with Crippen LogP contribution in [0.5, 0.6) is 0 Å². The van der Waals surface area contributed by atoms with E-state index < -0.39 is 39.8 Å². The highest BCUT2D eigenvalue weighted by atomic mass is 32.2. The molecule has 208 valence electrons. The standard InChI is InChI=1S/C26H41F2N5O3S/c1-16(2)21(32-37(35)25(6,7)8)18-13-20-30-19(15-33(20)29-14-18)22(31-23(34)36-24(3,4)5)17-9-11-26(27,28)12-10-17/h13-17,21-22,32H,9-12H2,1-8H3,(H,31,34)/t21-,22+,37+/m1/s1. The number of nitrogens with zero attached hydrogens (tertiary/aromatic N) is 3. The maximum atomic E-state index is 13.9. The lowest BCUT2D eigenvalue weighted by Crippen LogP contribution is -2.42. The molecule has 0 aliphatic heterocycles. The Morgan fingerprint density at radius 3 is 2.38 bits per heavy atom. The fourth-order valence-electron chi connectivity index (χ4n) is 4.37. The molecule has 2 heterocycles. The number of fused-ring (bicyclic) bond motifs is 1. The SMILES string of the molecule is CC(C)[C@@H](N[S@@+]([O-])C(C)(C)C)c1cnn2cc([C@@H](NC(=O)OC(C)(C)C)C3CCC(F)(F)CC3)nc2c1. The Hall–Kier alpha value is -1.98. The number of ether oxygens (including phenoxy) is 1. The second kappa shape index (κ2) is 11.0. The van der Waals surface area contributed by atoms with E-state index in [-0.39, 0.29) is 43.6 Å². The number of amides is 1. The summed E-state index contributed by atoms with van der Waals surface area (Å²) < 4.78 is 50.4. The molecule has 0 bridgehead atoms. The molecule has 8 nitrogen and oxygen atoms in total. The van der Waals surface area contributed by atoms with Crippen LogP contribution in [-0.2, 0) is 16.1 Å². The molecule has 2 N–H and O–H groups in total. The van der Waals surface area contributed by atoms with Crippen LogP contribution in [0.1, 0.15) is 104 Å². The molecule has 0 spiro atoms. The second-order valence-electron chi connectivity index (χ2n) is 12.3. The predicted molar refractivity (Wildman–Crippen MR) is 141 cm³/mol. The van der Waals surface area contributed by atoms with Crippen LogP contribution in [0.15, 0.2) is 18.5 Å². The van der Waals surface area contributed by atoms with E-state index in [1.807, 2.05) is 40.7 Å². The molecule has 1 amide bonds. The van der Waals surface area contributed by atoms with Crippen molar-refractivity contribution in [2.45, 2.75) is 109 Å². The van der Waals surface area contributed by atoms with E-state index in [4.69, 9.17) is 9.72 Å². The molecule has 3 atom stereocenters. The first kappa shape index (κ1) is 29.6. The number of hydrogen-bond acceptors (Lipinski definition) is 6. The van der Waals surface area contributed by atoms with Crippen LogP contribution in [0.25, 0.3) is 5.65 Å². The lowest BCUT2D eigenvalue weighted by Gasteiger charge is -2.33. The van der Waals surface area contributed by atoms with Crippen LogP contribution >= 0.6 is 0 Å². The number of imidazole rings is 1. The van der Waals surface area contributed by atoms with Gasteiger partial charge in [-0.1, -0.05) is 13.8 Å². The smallest absolute Gasteiger partial charge is 0.408 e. The number of alkyl carbamates (subject to hydrolysis) is 1. The minimum absolute atomic E-state index is 0.135. The molecule has 0 radical (unpaired) electrons. The van der Waals surface area contributed by atoms with E-state index in [2.05, 4.69) is 15.1 Å². The molecule has 2 aromatic heterocycles. The van der Waals surface area contributed by atoms with Crippen molar-refractivity contribution in [3.8, 4) is 0 Å². The third-order valence-corrected chi connectivity index (χ3v) is 7.98. The summed E-state index contributed by atoms with van der Waals surface area (Å²) in [6, 6.07) is 1.07. The summed E-state index contributed by atoms with van der Waals surface area (Å²) in [6.45, 7) is 15.1. The number of aromatic nitrogens is 3. The van der Waals surface area contributed by atoms with Crippen LogP contribution < -0.4 is 10.0 Å². The van der Waals surface area contributed by atoms with Crippen molar-refractivity contribution < 1.29 is 22.9 Å². The first-order chi connectivity index (χ1) is 16.9. The van der Waals surface area contributed by atoms with Crippen molar-refractivity contribution in [3.63, 3.8) is 0 Å². The Labute approximate surface area is 221 Å². The average molecular weight is 542 g/mol. The number of halogens is 2. The van der Waals surface area contributed by atoms with Gasteiger partial charge in [0.2, 0.25) is 5.92 Å². The van der Waals surface area contributed by atoms with Gasteiger partial charge in [-0.2, -0.15) is 5.10 Å². The number of nitrogens with one attached hydrogen (secondary N) is 2. The van der Waals surface area contributed by atoms with E-state index in [1.54, 1.807) is 37.7 Å². The Balaban J connectivity index is 1.92. The lowest BCUT2D eigenvalue weighted by molar-refractivity contribution is -0.0500. The zero-order chi connectivity index (χ0) is 27.8. The van der Waals surface area contributed by atoms with Crippen LogP contribution in [-0.4, -0.2) is 41.5 Å². The number of rotatable bonds is 7. The molecule has 1 saturated carbocycles. The summed E-state index contributed by atoms with van der Waals surface area (Å²) >= 11 is -1.28. The van der Waals surface area contributed by atoms with E-state index in [0.717, 1.165) is 5.56 Å². The fourth-order valence-corrected chi connectivity index (χ4v) is 5.37. The summed E-state index contributed by atoms with van der Waals surface area (Å²) in [5.41, 5.74) is 1.23. The normalized spacial score (nSPS) is 19.6. The molecule has 1 fully saturated rings. The summed E-state index contributed by atoms with van der Waals surface area (Å²) in [4.78, 5) is 17.4. The molecule has 2 aromatic rings. The summed E-state index contributed by atoms with van der Waals surface area (Å²) in [5, 5.41) is 7.40. The van der Waals surface area contributed by atoms with Gasteiger partial charge in [-0.15, -0.1) is 4.72 Å². The molecule has 3 rings (SSSR count). The van der Waals surface area contributed by atoms with E-state index >= 15 is 0 Å². The third-order valence-electron chi connectivity index (χ3n) is 6.40. The van der Waals surface area contributed by atoms with Crippen molar-refractivity contribution in [1.29, 1.82) is 0 Å². The Kier molecular flexibility index (Phi) is 8.81. The maximum absolute atomic E-state index is 13.9. The Bertz CT molecular complexity index is 1070. The first-order valence-corrected chi connectivity index (χ1v) is 14.0. The van der Waals surface area contributed by atoms with E-state index in [9.17, 15) is 18.1 Å². The number of hydrogen-bond donors (Lipinski definition) is 2. The second-order valence-corrected chi connectivity index (χ2v) is 14.3. The predicted octanol–water partition coefficient (Wildman–Crippen LogP) is 5.87. The van der Waals surface area contributed by atoms with Gasteiger partial charge in [0.05, 0.1) is 30.2 Å². The summed E-state index contributed by atoms with van der Waals surface area (Å²) in [6.07, 6.45) is 2.89. The number of carbonyl (C=O) groups excluding carboxylic acids is 1. The highest BCUT2D eigenvalue weighted by Gasteiger charge is 2.40. The van der Waals surface area contributed by atoms with Gasteiger partial charge in [0.25, 0.3) is 0 Å². The first-order valence-electron chi connectivity index (χ1n) is 12.9. The molecule has 1 aliphatic carbocycles. The van der Waals surface area contributed by atoms with Gasteiger partial charge in [0, 0.05) is 24.2 Å². The molecule has 0 aromatic carbocycles. The third kappa shape index (κ3) is 8.00. The van der Waals surface area contributed by atoms with E-state index in [0.29, 0.717) is 11.3 Å². The summed E-state index contributed by atoms with van der Waals surface area (Å²) in [5.74, 6) is -2.76. The molecule has 0 unspecified atom stereocenters. The van der Waals surface area contributed by atoms with Crippen molar-refractivity contribution in [1.82, 2.24) is 24.6 Å². The average Bonchev–Trinajstić information content (AvgIpc) is 3.16. The van der Waals surface area contributed by atoms with E-state index in [1.165, 1.54) is 0 Å². The molecule has 1 aliphatic rings. The van der Waals surface area contributed by atoms with Crippen LogP contribution in [0.2, 0.25) is 0 Å². The minimum Gasteiger partial charge on any atom is -0.598 e. The van der Waals surface area contributed by atoms with Gasteiger partial charge in [0.15, 0.2) is 5.65 Å². The monoisotopic (exact) mass is 541 g/mol. The van der Waals surface area contributed by atoms with Crippen LogP contribution in [0.4, 0.5) is 13.6 Å². The van der Waals surface area contributed by atoms with Crippen molar-refractivity contribution in [3.05, 3.63) is 29.7 Å².